The number of rotatable bonds is 5. The Labute approximate surface area is 117 Å². The molecule has 4 nitrogen and oxygen atoms in total. The summed E-state index contributed by atoms with van der Waals surface area (Å²) in [5.74, 6) is -1.54. The molecule has 1 heterocycles. The minimum absolute atomic E-state index is 0.00918. The monoisotopic (exact) mass is 296 g/mol. The van der Waals surface area contributed by atoms with Crippen LogP contribution in [-0.4, -0.2) is 53.9 Å². The molecule has 0 aromatic carbocycles. The van der Waals surface area contributed by atoms with E-state index in [9.17, 15) is 18.0 Å². The summed E-state index contributed by atoms with van der Waals surface area (Å²) in [7, 11) is 0. The molecule has 2 atom stereocenters. The van der Waals surface area contributed by atoms with E-state index in [2.05, 4.69) is 5.32 Å². The molecule has 0 aliphatic carbocycles. The molecule has 0 spiro atoms. The van der Waals surface area contributed by atoms with Crippen LogP contribution in [0.1, 0.15) is 33.1 Å². The zero-order chi connectivity index (χ0) is 15.3. The number of aliphatic hydroxyl groups excluding tert-OH is 1. The molecule has 1 fully saturated rings. The highest BCUT2D eigenvalue weighted by molar-refractivity contribution is 5.82. The van der Waals surface area contributed by atoms with Crippen molar-refractivity contribution in [3.05, 3.63) is 0 Å². The summed E-state index contributed by atoms with van der Waals surface area (Å²) >= 11 is 0. The highest BCUT2D eigenvalue weighted by Gasteiger charge is 2.43. The van der Waals surface area contributed by atoms with Gasteiger partial charge in [-0.2, -0.15) is 13.2 Å². The smallest absolute Gasteiger partial charge is 0.393 e. The van der Waals surface area contributed by atoms with Crippen LogP contribution in [0.25, 0.3) is 0 Å². The number of aliphatic hydroxyl groups is 1. The van der Waals surface area contributed by atoms with Crippen LogP contribution in [-0.2, 0) is 4.79 Å². The van der Waals surface area contributed by atoms with Gasteiger partial charge in [-0.1, -0.05) is 0 Å². The van der Waals surface area contributed by atoms with Crippen molar-refractivity contribution >= 4 is 5.91 Å². The van der Waals surface area contributed by atoms with Gasteiger partial charge in [0.2, 0.25) is 5.91 Å². The number of piperidine rings is 1. The molecule has 118 valence electrons. The molecule has 0 aromatic rings. The summed E-state index contributed by atoms with van der Waals surface area (Å²) in [5.41, 5.74) is 0. The van der Waals surface area contributed by atoms with Gasteiger partial charge in [0, 0.05) is 25.7 Å². The molecule has 0 saturated carbocycles. The number of carbonyl (C=O) groups is 1. The van der Waals surface area contributed by atoms with E-state index in [4.69, 9.17) is 5.11 Å². The van der Waals surface area contributed by atoms with Crippen molar-refractivity contribution in [2.24, 2.45) is 5.92 Å². The van der Waals surface area contributed by atoms with Gasteiger partial charge < -0.3 is 15.3 Å². The molecule has 0 aromatic heterocycles. The van der Waals surface area contributed by atoms with E-state index in [0.717, 1.165) is 0 Å². The van der Waals surface area contributed by atoms with E-state index in [1.165, 1.54) is 0 Å². The molecule has 20 heavy (non-hydrogen) atoms. The number of hydrogen-bond acceptors (Lipinski definition) is 3. The molecule has 0 radical (unpaired) electrons. The topological polar surface area (TPSA) is 52.6 Å². The first kappa shape index (κ1) is 17.2. The van der Waals surface area contributed by atoms with Crippen LogP contribution in [0.5, 0.6) is 0 Å². The standard InChI is InChI=1S/C13H23F3N2O2/c1-9(2)18(6-3-7-19)12(20)11-5-4-10(8-17-11)13(14,15)16/h9-11,17,19H,3-8H2,1-2H3. The van der Waals surface area contributed by atoms with Gasteiger partial charge in [0.15, 0.2) is 0 Å². The third-order valence-corrected chi connectivity index (χ3v) is 3.64. The van der Waals surface area contributed by atoms with E-state index in [0.29, 0.717) is 13.0 Å². The molecule has 1 aliphatic heterocycles. The Morgan fingerprint density at radius 2 is 2.05 bits per heavy atom. The number of carbonyl (C=O) groups excluding carboxylic acids is 1. The minimum Gasteiger partial charge on any atom is -0.396 e. The lowest BCUT2D eigenvalue weighted by atomic mass is 9.93. The number of amides is 1. The number of nitrogens with zero attached hydrogens (tertiary/aromatic N) is 1. The Balaban J connectivity index is 2.56. The first-order valence-corrected chi connectivity index (χ1v) is 6.98. The van der Waals surface area contributed by atoms with E-state index >= 15 is 0 Å². The van der Waals surface area contributed by atoms with Crippen molar-refractivity contribution in [1.29, 1.82) is 0 Å². The first-order chi connectivity index (χ1) is 9.27. The zero-order valence-electron chi connectivity index (χ0n) is 11.9. The van der Waals surface area contributed by atoms with Gasteiger partial charge in [0.1, 0.15) is 0 Å². The van der Waals surface area contributed by atoms with Gasteiger partial charge in [-0.05, 0) is 33.1 Å². The zero-order valence-corrected chi connectivity index (χ0v) is 11.9. The summed E-state index contributed by atoms with van der Waals surface area (Å²) < 4.78 is 37.7. The highest BCUT2D eigenvalue weighted by atomic mass is 19.4. The lowest BCUT2D eigenvalue weighted by Gasteiger charge is -2.35. The molecule has 1 amide bonds. The van der Waals surface area contributed by atoms with Crippen molar-refractivity contribution in [3.63, 3.8) is 0 Å². The highest BCUT2D eigenvalue weighted by Crippen LogP contribution is 2.32. The molecule has 1 aliphatic rings. The van der Waals surface area contributed by atoms with Crippen LogP contribution in [0.15, 0.2) is 0 Å². The fourth-order valence-corrected chi connectivity index (χ4v) is 2.41. The van der Waals surface area contributed by atoms with Crippen LogP contribution in [0, 0.1) is 5.92 Å². The lowest BCUT2D eigenvalue weighted by molar-refractivity contribution is -0.181. The molecular weight excluding hydrogens is 273 g/mol. The maximum Gasteiger partial charge on any atom is 0.393 e. The third kappa shape index (κ3) is 4.63. The number of alkyl halides is 3. The van der Waals surface area contributed by atoms with Crippen LogP contribution >= 0.6 is 0 Å². The Kier molecular flexibility index (Phi) is 6.26. The Hall–Kier alpha value is -0.820. The van der Waals surface area contributed by atoms with E-state index < -0.39 is 18.1 Å². The van der Waals surface area contributed by atoms with Crippen molar-refractivity contribution < 1.29 is 23.1 Å². The van der Waals surface area contributed by atoms with E-state index in [1.54, 1.807) is 4.90 Å². The summed E-state index contributed by atoms with van der Waals surface area (Å²) in [4.78, 5) is 13.9. The largest absolute Gasteiger partial charge is 0.396 e. The van der Waals surface area contributed by atoms with Gasteiger partial charge in [0.25, 0.3) is 0 Å². The third-order valence-electron chi connectivity index (χ3n) is 3.64. The fraction of sp³-hybridized carbons (Fsp3) is 0.923. The average Bonchev–Trinajstić information content (AvgIpc) is 2.37. The van der Waals surface area contributed by atoms with Gasteiger partial charge in [-0.3, -0.25) is 4.79 Å². The number of halogens is 3. The summed E-state index contributed by atoms with van der Waals surface area (Å²) in [6.45, 7) is 3.93. The Morgan fingerprint density at radius 1 is 1.40 bits per heavy atom. The van der Waals surface area contributed by atoms with Gasteiger partial charge in [-0.25, -0.2) is 0 Å². The molecular formula is C13H23F3N2O2. The first-order valence-electron chi connectivity index (χ1n) is 6.98. The van der Waals surface area contributed by atoms with Crippen LogP contribution < -0.4 is 5.32 Å². The molecule has 0 bridgehead atoms. The minimum atomic E-state index is -4.20. The summed E-state index contributed by atoms with van der Waals surface area (Å²) in [6, 6.07) is -0.578. The SMILES string of the molecule is CC(C)N(CCCO)C(=O)C1CCC(C(F)(F)F)CN1. The van der Waals surface area contributed by atoms with Gasteiger partial charge >= 0.3 is 6.18 Å². The molecule has 1 saturated heterocycles. The second kappa shape index (κ2) is 7.26. The summed E-state index contributed by atoms with van der Waals surface area (Å²) in [6.07, 6.45) is -3.54. The molecule has 2 unspecified atom stereocenters. The maximum absolute atomic E-state index is 12.6. The number of hydrogen-bond donors (Lipinski definition) is 2. The number of nitrogens with one attached hydrogen (secondary N) is 1. The maximum atomic E-state index is 12.6. The van der Waals surface area contributed by atoms with Crippen LogP contribution in [0.2, 0.25) is 0 Å². The lowest BCUT2D eigenvalue weighted by Crippen LogP contribution is -2.54. The van der Waals surface area contributed by atoms with Crippen LogP contribution in [0.4, 0.5) is 13.2 Å². The van der Waals surface area contributed by atoms with Crippen molar-refractivity contribution in [2.45, 2.75) is 51.4 Å². The molecule has 1 rings (SSSR count). The Morgan fingerprint density at radius 3 is 2.45 bits per heavy atom. The second-order valence-corrected chi connectivity index (χ2v) is 5.48. The van der Waals surface area contributed by atoms with E-state index in [-0.39, 0.29) is 37.9 Å². The fourth-order valence-electron chi connectivity index (χ4n) is 2.41. The van der Waals surface area contributed by atoms with E-state index in [1.807, 2.05) is 13.8 Å². The molecule has 7 heteroatoms. The predicted molar refractivity (Wildman–Crippen MR) is 69.1 cm³/mol. The van der Waals surface area contributed by atoms with Gasteiger partial charge in [-0.15, -0.1) is 0 Å². The van der Waals surface area contributed by atoms with Crippen molar-refractivity contribution in [2.75, 3.05) is 19.7 Å². The quantitative estimate of drug-likeness (QED) is 0.809. The van der Waals surface area contributed by atoms with Crippen molar-refractivity contribution in [3.8, 4) is 0 Å². The Bertz CT molecular complexity index is 313. The molecule has 2 N–H and O–H groups in total. The average molecular weight is 296 g/mol. The normalized spacial score (nSPS) is 23.9. The van der Waals surface area contributed by atoms with Crippen LogP contribution in [0.3, 0.4) is 0 Å². The van der Waals surface area contributed by atoms with Gasteiger partial charge in [0.05, 0.1) is 12.0 Å². The van der Waals surface area contributed by atoms with Crippen molar-refractivity contribution in [1.82, 2.24) is 10.2 Å². The predicted octanol–water partition coefficient (Wildman–Crippen LogP) is 1.54. The summed E-state index contributed by atoms with van der Waals surface area (Å²) in [5, 5.41) is 11.5. The second-order valence-electron chi connectivity index (χ2n) is 5.48.